The van der Waals surface area contributed by atoms with Gasteiger partial charge in [-0.05, 0) is 27.8 Å². The van der Waals surface area contributed by atoms with Crippen molar-refractivity contribution in [3.8, 4) is 11.1 Å². The molecule has 4 aromatic rings. The minimum atomic E-state index is 0.721. The molecule has 32 heavy (non-hydrogen) atoms. The lowest BCUT2D eigenvalue weighted by atomic mass is 9.92. The number of hydrogen-bond acceptors (Lipinski definition) is 2. The Morgan fingerprint density at radius 3 is 2.06 bits per heavy atom. The average molecular weight is 418 g/mol. The summed E-state index contributed by atoms with van der Waals surface area (Å²) in [5.74, 6) is 1.00. The Bertz CT molecular complexity index is 1180. The molecule has 0 aromatic heterocycles. The summed E-state index contributed by atoms with van der Waals surface area (Å²) in [6, 6.07) is 40.6. The largest absolute Gasteiger partial charge is 0.477 e. The van der Waals surface area contributed by atoms with Crippen LogP contribution in [-0.4, -0.2) is 18.1 Å². The predicted octanol–water partition coefficient (Wildman–Crippen LogP) is 6.80. The lowest BCUT2D eigenvalue weighted by Gasteiger charge is -2.22. The zero-order valence-electron chi connectivity index (χ0n) is 18.2. The first-order chi connectivity index (χ1) is 15.9. The summed E-state index contributed by atoms with van der Waals surface area (Å²) >= 11 is 0. The summed E-state index contributed by atoms with van der Waals surface area (Å²) in [5.41, 5.74) is 7.57. The minimum absolute atomic E-state index is 0.721. The molecule has 0 aliphatic carbocycles. The zero-order chi connectivity index (χ0) is 21.6. The zero-order valence-corrected chi connectivity index (χ0v) is 18.2. The summed E-state index contributed by atoms with van der Waals surface area (Å²) in [4.78, 5) is 2.38. The summed E-state index contributed by atoms with van der Waals surface area (Å²) in [7, 11) is 0. The van der Waals surface area contributed by atoms with Crippen molar-refractivity contribution in [2.75, 3.05) is 13.2 Å². The maximum Gasteiger partial charge on any atom is 0.194 e. The van der Waals surface area contributed by atoms with Crippen molar-refractivity contribution in [2.24, 2.45) is 0 Å². The Labute approximate surface area is 190 Å². The van der Waals surface area contributed by atoms with Gasteiger partial charge in [0.15, 0.2) is 5.88 Å². The molecule has 0 saturated carbocycles. The molecule has 1 fully saturated rings. The Balaban J connectivity index is 1.56. The molecule has 0 atom stereocenters. The molecule has 158 valence electrons. The molecule has 1 aliphatic heterocycles. The highest BCUT2D eigenvalue weighted by atomic mass is 16.5. The molecule has 1 saturated heterocycles. The topological polar surface area (TPSA) is 12.5 Å². The van der Waals surface area contributed by atoms with Gasteiger partial charge < -0.3 is 9.64 Å². The fraction of sp³-hybridized carbons (Fsp3) is 0.133. The van der Waals surface area contributed by atoms with Gasteiger partial charge >= 0.3 is 0 Å². The molecule has 2 heteroatoms. The van der Waals surface area contributed by atoms with Crippen LogP contribution in [-0.2, 0) is 17.7 Å². The smallest absolute Gasteiger partial charge is 0.194 e. The second-order valence-corrected chi connectivity index (χ2v) is 8.11. The van der Waals surface area contributed by atoms with E-state index < -0.39 is 0 Å². The van der Waals surface area contributed by atoms with Crippen LogP contribution in [0.3, 0.4) is 0 Å². The van der Waals surface area contributed by atoms with E-state index >= 15 is 0 Å². The van der Waals surface area contributed by atoms with E-state index in [4.69, 9.17) is 4.74 Å². The van der Waals surface area contributed by atoms with Gasteiger partial charge in [-0.2, -0.15) is 0 Å². The van der Waals surface area contributed by atoms with Crippen LogP contribution in [0.2, 0.25) is 0 Å². The van der Waals surface area contributed by atoms with Crippen LogP contribution >= 0.6 is 0 Å². The highest BCUT2D eigenvalue weighted by Crippen LogP contribution is 2.33. The number of hydrogen-bond donors (Lipinski definition) is 0. The van der Waals surface area contributed by atoms with Crippen molar-refractivity contribution in [2.45, 2.75) is 13.0 Å². The van der Waals surface area contributed by atoms with E-state index in [1.54, 1.807) is 0 Å². The molecular weight excluding hydrogens is 390 g/mol. The lowest BCUT2D eigenvalue weighted by molar-refractivity contribution is 0.233. The third-order valence-corrected chi connectivity index (χ3v) is 5.95. The number of allylic oxidation sites excluding steroid dienone is 1. The van der Waals surface area contributed by atoms with E-state index in [9.17, 15) is 0 Å². The molecular formula is C30H27NO. The monoisotopic (exact) mass is 417 g/mol. The van der Waals surface area contributed by atoms with Gasteiger partial charge in [-0.15, -0.1) is 0 Å². The Hall–Kier alpha value is -3.78. The van der Waals surface area contributed by atoms with Crippen LogP contribution in [0.1, 0.15) is 16.7 Å². The van der Waals surface area contributed by atoms with Crippen molar-refractivity contribution in [1.82, 2.24) is 4.90 Å². The van der Waals surface area contributed by atoms with E-state index in [-0.39, 0.29) is 0 Å². The second kappa shape index (κ2) is 9.57. The molecule has 0 bridgehead atoms. The standard InChI is InChI=1S/C30H27NO/c1-4-12-24(13-5-1)23-31-20-21-32-30(31)29(26-16-8-3-9-17-26)22-27-18-10-11-19-28(27)25-14-6-2-7-15-25/h1-19H,20-23H2/b30-29-. The quantitative estimate of drug-likeness (QED) is 0.342. The molecule has 4 aromatic carbocycles. The van der Waals surface area contributed by atoms with Crippen LogP contribution < -0.4 is 0 Å². The summed E-state index contributed by atoms with van der Waals surface area (Å²) in [6.45, 7) is 2.48. The summed E-state index contributed by atoms with van der Waals surface area (Å²) < 4.78 is 6.28. The van der Waals surface area contributed by atoms with Crippen LogP contribution in [0, 0.1) is 0 Å². The lowest BCUT2D eigenvalue weighted by Crippen LogP contribution is -2.19. The van der Waals surface area contributed by atoms with Gasteiger partial charge in [0, 0.05) is 18.5 Å². The molecule has 0 radical (unpaired) electrons. The van der Waals surface area contributed by atoms with Gasteiger partial charge in [0.1, 0.15) is 6.61 Å². The number of rotatable bonds is 6. The van der Waals surface area contributed by atoms with E-state index in [0.29, 0.717) is 0 Å². The number of ether oxygens (including phenoxy) is 1. The van der Waals surface area contributed by atoms with Crippen LogP contribution in [0.5, 0.6) is 0 Å². The molecule has 0 N–H and O–H groups in total. The van der Waals surface area contributed by atoms with Gasteiger partial charge in [0.25, 0.3) is 0 Å². The van der Waals surface area contributed by atoms with Gasteiger partial charge in [-0.3, -0.25) is 0 Å². The average Bonchev–Trinajstić information content (AvgIpc) is 3.32. The summed E-state index contributed by atoms with van der Waals surface area (Å²) in [6.07, 6.45) is 0.815. The first-order valence-electron chi connectivity index (χ1n) is 11.2. The number of benzene rings is 4. The SMILES string of the molecule is c1ccc(CN2CCO/C2=C(/Cc2ccccc2-c2ccccc2)c2ccccc2)cc1. The molecule has 0 unspecified atom stereocenters. The van der Waals surface area contributed by atoms with Crippen molar-refractivity contribution in [1.29, 1.82) is 0 Å². The van der Waals surface area contributed by atoms with Crippen molar-refractivity contribution in [3.63, 3.8) is 0 Å². The fourth-order valence-corrected chi connectivity index (χ4v) is 4.38. The minimum Gasteiger partial charge on any atom is -0.477 e. The highest BCUT2D eigenvalue weighted by Gasteiger charge is 2.24. The van der Waals surface area contributed by atoms with Crippen molar-refractivity contribution >= 4 is 5.57 Å². The third-order valence-electron chi connectivity index (χ3n) is 5.95. The van der Waals surface area contributed by atoms with E-state index in [1.165, 1.54) is 33.4 Å². The van der Waals surface area contributed by atoms with Gasteiger partial charge in [-0.25, -0.2) is 0 Å². The summed E-state index contributed by atoms with van der Waals surface area (Å²) in [5, 5.41) is 0. The van der Waals surface area contributed by atoms with Crippen LogP contribution in [0.25, 0.3) is 16.7 Å². The van der Waals surface area contributed by atoms with Gasteiger partial charge in [0.2, 0.25) is 0 Å². The molecule has 1 aliphatic rings. The third kappa shape index (κ3) is 4.45. The van der Waals surface area contributed by atoms with Crippen molar-refractivity contribution < 1.29 is 4.74 Å². The normalized spacial score (nSPS) is 14.8. The molecule has 5 rings (SSSR count). The first kappa shape index (κ1) is 20.1. The number of nitrogens with zero attached hydrogens (tertiary/aromatic N) is 1. The van der Waals surface area contributed by atoms with Crippen molar-refractivity contribution in [3.05, 3.63) is 138 Å². The van der Waals surface area contributed by atoms with E-state index in [1.807, 2.05) is 0 Å². The van der Waals surface area contributed by atoms with Crippen LogP contribution in [0.15, 0.2) is 121 Å². The molecule has 1 heterocycles. The molecule has 0 amide bonds. The van der Waals surface area contributed by atoms with Gasteiger partial charge in [0.05, 0.1) is 6.54 Å². The Morgan fingerprint density at radius 2 is 1.31 bits per heavy atom. The molecule has 2 nitrogen and oxygen atoms in total. The van der Waals surface area contributed by atoms with E-state index in [0.717, 1.165) is 32.0 Å². The molecule has 0 spiro atoms. The fourth-order valence-electron chi connectivity index (χ4n) is 4.38. The first-order valence-corrected chi connectivity index (χ1v) is 11.2. The van der Waals surface area contributed by atoms with Crippen LogP contribution in [0.4, 0.5) is 0 Å². The Kier molecular flexibility index (Phi) is 6.02. The maximum atomic E-state index is 6.28. The van der Waals surface area contributed by atoms with Gasteiger partial charge in [-0.1, -0.05) is 115 Å². The predicted molar refractivity (Wildman–Crippen MR) is 132 cm³/mol. The van der Waals surface area contributed by atoms with E-state index in [2.05, 4.69) is 120 Å². The maximum absolute atomic E-state index is 6.28. The second-order valence-electron chi connectivity index (χ2n) is 8.11. The Morgan fingerprint density at radius 1 is 0.688 bits per heavy atom. The highest BCUT2D eigenvalue weighted by molar-refractivity contribution is 5.75.